The van der Waals surface area contributed by atoms with Gasteiger partial charge in [0.2, 0.25) is 5.78 Å². The van der Waals surface area contributed by atoms with Gasteiger partial charge in [0.05, 0.1) is 19.1 Å². The first-order valence-electron chi connectivity index (χ1n) is 9.59. The number of rotatable bonds is 6. The van der Waals surface area contributed by atoms with Crippen LogP contribution in [0.15, 0.2) is 46.7 Å². The van der Waals surface area contributed by atoms with E-state index >= 15 is 0 Å². The van der Waals surface area contributed by atoms with Gasteiger partial charge >= 0.3 is 5.97 Å². The van der Waals surface area contributed by atoms with E-state index in [2.05, 4.69) is 5.16 Å². The minimum atomic E-state index is -0.466. The van der Waals surface area contributed by atoms with E-state index in [0.29, 0.717) is 56.3 Å². The molecule has 164 valence electrons. The maximum atomic E-state index is 12.8. The molecule has 2 aromatic carbocycles. The van der Waals surface area contributed by atoms with E-state index in [-0.39, 0.29) is 18.0 Å². The van der Waals surface area contributed by atoms with Crippen molar-refractivity contribution in [2.75, 3.05) is 7.11 Å². The summed E-state index contributed by atoms with van der Waals surface area (Å²) in [7, 11) is 1.48. The lowest BCUT2D eigenvalue weighted by Gasteiger charge is -2.10. The van der Waals surface area contributed by atoms with Gasteiger partial charge in [0.25, 0.3) is 5.88 Å². The summed E-state index contributed by atoms with van der Waals surface area (Å²) in [6.45, 7) is 1.71. The van der Waals surface area contributed by atoms with Crippen LogP contribution in [0, 0.1) is 6.92 Å². The van der Waals surface area contributed by atoms with Crippen LogP contribution >= 0.6 is 23.2 Å². The number of aryl methyl sites for hydroxylation is 1. The van der Waals surface area contributed by atoms with Gasteiger partial charge in [0, 0.05) is 33.7 Å². The number of benzene rings is 2. The van der Waals surface area contributed by atoms with E-state index in [1.54, 1.807) is 43.3 Å². The summed E-state index contributed by atoms with van der Waals surface area (Å²) in [6.07, 6.45) is 1.88. The zero-order valence-corrected chi connectivity index (χ0v) is 18.6. The van der Waals surface area contributed by atoms with Crippen LogP contribution < -0.4 is 14.2 Å². The Bertz CT molecular complexity index is 1230. The second-order valence-corrected chi connectivity index (χ2v) is 7.76. The van der Waals surface area contributed by atoms with Crippen LogP contribution in [0.1, 0.15) is 33.7 Å². The Kier molecular flexibility index (Phi) is 6.21. The number of hydrogen-bond acceptors (Lipinski definition) is 7. The van der Waals surface area contributed by atoms with Crippen molar-refractivity contribution in [3.8, 4) is 17.4 Å². The van der Waals surface area contributed by atoms with Crippen molar-refractivity contribution in [2.45, 2.75) is 19.8 Å². The standard InChI is InChI=1S/C23H17Cl2NO6/c1-12-18(30-21(27)9-6-13-10-20(29-2)26-32-13)8-7-14-22(28)19(31-23(12)14)11-15-16(24)4-3-5-17(15)25/h3-5,7-8,10-11H,6,9H2,1-2H3/b19-11-. The Morgan fingerprint density at radius 1 is 1.19 bits per heavy atom. The number of carbonyl (C=O) groups is 2. The minimum absolute atomic E-state index is 0.0742. The van der Waals surface area contributed by atoms with Crippen LogP contribution in [0.2, 0.25) is 10.0 Å². The van der Waals surface area contributed by atoms with Crippen molar-refractivity contribution in [1.29, 1.82) is 0 Å². The molecule has 32 heavy (non-hydrogen) atoms. The second-order valence-electron chi connectivity index (χ2n) is 6.95. The first-order valence-corrected chi connectivity index (χ1v) is 10.3. The molecule has 0 aliphatic carbocycles. The van der Waals surface area contributed by atoms with E-state index in [4.69, 9.17) is 41.9 Å². The van der Waals surface area contributed by atoms with Crippen molar-refractivity contribution in [3.05, 3.63) is 74.7 Å². The monoisotopic (exact) mass is 473 g/mol. The summed E-state index contributed by atoms with van der Waals surface area (Å²) in [5, 5.41) is 4.48. The number of carbonyl (C=O) groups excluding carboxylic acids is 2. The number of fused-ring (bicyclic) bond motifs is 1. The topological polar surface area (TPSA) is 87.9 Å². The smallest absolute Gasteiger partial charge is 0.311 e. The van der Waals surface area contributed by atoms with E-state index < -0.39 is 5.97 Å². The van der Waals surface area contributed by atoms with E-state index in [0.717, 1.165) is 0 Å². The SMILES string of the molecule is COc1cc(CCC(=O)Oc2ccc3c(c2C)O/C(=C\c2c(Cl)cccc2Cl)C3=O)on1. The van der Waals surface area contributed by atoms with Crippen LogP contribution in [0.4, 0.5) is 0 Å². The van der Waals surface area contributed by atoms with Gasteiger partial charge < -0.3 is 18.7 Å². The summed E-state index contributed by atoms with van der Waals surface area (Å²) >= 11 is 12.4. The Labute approximate surface area is 193 Å². The van der Waals surface area contributed by atoms with E-state index in [1.165, 1.54) is 13.2 Å². The average molecular weight is 474 g/mol. The van der Waals surface area contributed by atoms with Crippen molar-refractivity contribution in [1.82, 2.24) is 5.16 Å². The molecule has 7 nitrogen and oxygen atoms in total. The molecule has 0 saturated heterocycles. The van der Waals surface area contributed by atoms with Gasteiger partial charge in [-0.25, -0.2) is 0 Å². The lowest BCUT2D eigenvalue weighted by atomic mass is 10.1. The summed E-state index contributed by atoms with van der Waals surface area (Å²) in [4.78, 5) is 25.1. The fourth-order valence-electron chi connectivity index (χ4n) is 3.17. The van der Waals surface area contributed by atoms with E-state index in [1.807, 2.05) is 0 Å². The molecule has 1 aliphatic heterocycles. The first kappa shape index (κ1) is 21.9. The number of nitrogens with zero attached hydrogens (tertiary/aromatic N) is 1. The number of methoxy groups -OCH3 is 1. The molecule has 0 radical (unpaired) electrons. The molecule has 0 spiro atoms. The third-order valence-electron chi connectivity index (χ3n) is 4.86. The predicted molar refractivity (Wildman–Crippen MR) is 118 cm³/mol. The molecular formula is C23H17Cl2NO6. The molecule has 3 aromatic rings. The normalized spacial score (nSPS) is 13.8. The molecule has 0 unspecified atom stereocenters. The van der Waals surface area contributed by atoms with Crippen LogP contribution in [0.3, 0.4) is 0 Å². The van der Waals surface area contributed by atoms with Gasteiger partial charge in [-0.3, -0.25) is 9.59 Å². The van der Waals surface area contributed by atoms with Gasteiger partial charge in [0.15, 0.2) is 5.76 Å². The van der Waals surface area contributed by atoms with Gasteiger partial charge in [-0.05, 0) is 42.4 Å². The van der Waals surface area contributed by atoms with Crippen LogP contribution in [0.5, 0.6) is 17.4 Å². The minimum Gasteiger partial charge on any atom is -0.479 e. The number of esters is 1. The summed E-state index contributed by atoms with van der Waals surface area (Å²) in [5.74, 6) is 0.782. The molecule has 0 atom stereocenters. The largest absolute Gasteiger partial charge is 0.479 e. The fourth-order valence-corrected chi connectivity index (χ4v) is 3.67. The van der Waals surface area contributed by atoms with E-state index in [9.17, 15) is 9.59 Å². The van der Waals surface area contributed by atoms with Crippen molar-refractivity contribution >= 4 is 41.0 Å². The highest BCUT2D eigenvalue weighted by molar-refractivity contribution is 6.37. The molecule has 1 aliphatic rings. The number of ketones is 1. The summed E-state index contributed by atoms with van der Waals surface area (Å²) in [5.41, 5.74) is 1.38. The Balaban J connectivity index is 1.50. The second kappa shape index (κ2) is 9.06. The zero-order valence-electron chi connectivity index (χ0n) is 17.1. The molecule has 2 heterocycles. The maximum Gasteiger partial charge on any atom is 0.311 e. The number of allylic oxidation sites excluding steroid dienone is 1. The van der Waals surface area contributed by atoms with Gasteiger partial charge in [-0.15, -0.1) is 0 Å². The molecule has 9 heteroatoms. The molecule has 0 bridgehead atoms. The molecule has 0 fully saturated rings. The number of ether oxygens (including phenoxy) is 3. The van der Waals surface area contributed by atoms with Gasteiger partial charge in [0.1, 0.15) is 17.3 Å². The number of Topliss-reactive ketones (excluding diaryl/α,β-unsaturated/α-hetero) is 1. The molecule has 1 aromatic heterocycles. The summed E-state index contributed by atoms with van der Waals surface area (Å²) < 4.78 is 21.3. The quantitative estimate of drug-likeness (QED) is 0.267. The lowest BCUT2D eigenvalue weighted by Crippen LogP contribution is -2.10. The molecule has 0 amide bonds. The number of hydrogen-bond donors (Lipinski definition) is 0. The Morgan fingerprint density at radius 2 is 1.94 bits per heavy atom. The van der Waals surface area contributed by atoms with Crippen molar-refractivity contribution < 1.29 is 28.3 Å². The summed E-state index contributed by atoms with van der Waals surface area (Å²) in [6, 6.07) is 9.78. The average Bonchev–Trinajstić information content (AvgIpc) is 3.36. The van der Waals surface area contributed by atoms with Crippen LogP contribution in [-0.2, 0) is 11.2 Å². The fraction of sp³-hybridized carbons (Fsp3) is 0.174. The first-order chi connectivity index (χ1) is 15.4. The number of aromatic nitrogens is 1. The van der Waals surface area contributed by atoms with Gasteiger partial charge in [-0.2, -0.15) is 0 Å². The maximum absolute atomic E-state index is 12.8. The highest BCUT2D eigenvalue weighted by Gasteiger charge is 2.31. The third kappa shape index (κ3) is 4.35. The molecular weight excluding hydrogens is 457 g/mol. The van der Waals surface area contributed by atoms with Crippen LogP contribution in [-0.4, -0.2) is 24.0 Å². The van der Waals surface area contributed by atoms with Gasteiger partial charge in [-0.1, -0.05) is 29.3 Å². The van der Waals surface area contributed by atoms with Crippen molar-refractivity contribution in [2.24, 2.45) is 0 Å². The Hall–Kier alpha value is -3.29. The van der Waals surface area contributed by atoms with Crippen LogP contribution in [0.25, 0.3) is 6.08 Å². The third-order valence-corrected chi connectivity index (χ3v) is 5.52. The highest BCUT2D eigenvalue weighted by atomic mass is 35.5. The molecule has 4 rings (SSSR count). The predicted octanol–water partition coefficient (Wildman–Crippen LogP) is 5.45. The molecule has 0 N–H and O–H groups in total. The van der Waals surface area contributed by atoms with Crippen molar-refractivity contribution in [3.63, 3.8) is 0 Å². The lowest BCUT2D eigenvalue weighted by molar-refractivity contribution is -0.134. The Morgan fingerprint density at radius 3 is 2.62 bits per heavy atom. The number of halogens is 2. The zero-order chi connectivity index (χ0) is 22.8. The molecule has 0 saturated carbocycles. The highest BCUT2D eigenvalue weighted by Crippen LogP contribution is 2.40.